The molecule has 0 bridgehead atoms. The molecule has 1 aromatic carbocycles. The van der Waals surface area contributed by atoms with E-state index in [0.29, 0.717) is 38.2 Å². The third kappa shape index (κ3) is 4.05. The zero-order valence-electron chi connectivity index (χ0n) is 13.4. The van der Waals surface area contributed by atoms with Gasteiger partial charge in [-0.05, 0) is 30.4 Å². The van der Waals surface area contributed by atoms with Crippen LogP contribution in [0.4, 0.5) is 13.2 Å². The molecule has 128 valence electrons. The summed E-state index contributed by atoms with van der Waals surface area (Å²) in [7, 11) is 0. The van der Waals surface area contributed by atoms with Crippen molar-refractivity contribution < 1.29 is 22.7 Å². The molecule has 0 saturated carbocycles. The average Bonchev–Trinajstić information content (AvgIpc) is 2.52. The van der Waals surface area contributed by atoms with Crippen molar-refractivity contribution in [3.05, 3.63) is 35.4 Å². The molecule has 1 aliphatic rings. The molecule has 1 saturated heterocycles. The van der Waals surface area contributed by atoms with Gasteiger partial charge in [-0.1, -0.05) is 32.0 Å². The largest absolute Gasteiger partial charge is 0.416 e. The predicted molar refractivity (Wildman–Crippen MR) is 81.0 cm³/mol. The minimum atomic E-state index is -4.42. The molecule has 1 N–H and O–H groups in total. The van der Waals surface area contributed by atoms with E-state index in [2.05, 4.69) is 5.32 Å². The van der Waals surface area contributed by atoms with Crippen molar-refractivity contribution in [3.63, 3.8) is 0 Å². The normalized spacial score (nSPS) is 18.0. The molecule has 1 fully saturated rings. The van der Waals surface area contributed by atoms with Crippen molar-refractivity contribution in [2.75, 3.05) is 19.8 Å². The lowest BCUT2D eigenvalue weighted by atomic mass is 9.73. The molecule has 0 aromatic heterocycles. The van der Waals surface area contributed by atoms with Crippen LogP contribution < -0.4 is 5.32 Å². The van der Waals surface area contributed by atoms with Crippen LogP contribution in [-0.4, -0.2) is 25.7 Å². The van der Waals surface area contributed by atoms with Gasteiger partial charge in [0, 0.05) is 19.8 Å². The van der Waals surface area contributed by atoms with Gasteiger partial charge in [0.1, 0.15) is 0 Å². The van der Waals surface area contributed by atoms with Gasteiger partial charge in [0.2, 0.25) is 5.91 Å². The van der Waals surface area contributed by atoms with Gasteiger partial charge in [-0.3, -0.25) is 4.79 Å². The molecular weight excluding hydrogens is 307 g/mol. The Morgan fingerprint density at radius 3 is 2.52 bits per heavy atom. The van der Waals surface area contributed by atoms with E-state index < -0.39 is 17.2 Å². The number of ether oxygens (including phenoxy) is 1. The fourth-order valence-corrected chi connectivity index (χ4v) is 2.83. The summed E-state index contributed by atoms with van der Waals surface area (Å²) in [4.78, 5) is 12.7. The molecule has 0 spiro atoms. The first kappa shape index (κ1) is 17.8. The standard InChI is InChI=1S/C17H22F3NO2/c1-12(2)11-21-15(22)16(6-8-23-9-7-16)13-4-3-5-14(10-13)17(18,19)20/h3-5,10,12H,6-9,11H2,1-2H3,(H,21,22). The number of rotatable bonds is 4. The average molecular weight is 329 g/mol. The van der Waals surface area contributed by atoms with Crippen LogP contribution >= 0.6 is 0 Å². The number of benzene rings is 1. The van der Waals surface area contributed by atoms with Crippen LogP contribution in [0.15, 0.2) is 24.3 Å². The van der Waals surface area contributed by atoms with E-state index in [9.17, 15) is 18.0 Å². The lowest BCUT2D eigenvalue weighted by molar-refractivity contribution is -0.138. The molecular formula is C17H22F3NO2. The fourth-order valence-electron chi connectivity index (χ4n) is 2.83. The number of halogens is 3. The Morgan fingerprint density at radius 1 is 1.30 bits per heavy atom. The SMILES string of the molecule is CC(C)CNC(=O)C1(c2cccc(C(F)(F)F)c2)CCOCC1. The van der Waals surface area contributed by atoms with Gasteiger partial charge in [0.15, 0.2) is 0 Å². The lowest BCUT2D eigenvalue weighted by Crippen LogP contribution is -2.48. The number of amides is 1. The molecule has 0 atom stereocenters. The smallest absolute Gasteiger partial charge is 0.381 e. The van der Waals surface area contributed by atoms with Gasteiger partial charge in [0.25, 0.3) is 0 Å². The number of hydrogen-bond donors (Lipinski definition) is 1. The van der Waals surface area contributed by atoms with Crippen LogP contribution in [0, 0.1) is 5.92 Å². The summed E-state index contributed by atoms with van der Waals surface area (Å²) in [6.07, 6.45) is -3.65. The number of carbonyl (C=O) groups excluding carboxylic acids is 1. The van der Waals surface area contributed by atoms with Crippen molar-refractivity contribution in [1.29, 1.82) is 0 Å². The third-order valence-corrected chi connectivity index (χ3v) is 4.19. The first-order valence-corrected chi connectivity index (χ1v) is 7.79. The van der Waals surface area contributed by atoms with Crippen LogP contribution in [0.25, 0.3) is 0 Å². The van der Waals surface area contributed by atoms with E-state index in [1.807, 2.05) is 13.8 Å². The molecule has 2 rings (SSSR count). The predicted octanol–water partition coefficient (Wildman–Crippen LogP) is 3.53. The minimum Gasteiger partial charge on any atom is -0.381 e. The van der Waals surface area contributed by atoms with Crippen LogP contribution in [0.2, 0.25) is 0 Å². The van der Waals surface area contributed by atoms with Crippen LogP contribution in [0.1, 0.15) is 37.8 Å². The topological polar surface area (TPSA) is 38.3 Å². The summed E-state index contributed by atoms with van der Waals surface area (Å²) in [5.41, 5.74) is -1.26. The molecule has 3 nitrogen and oxygen atoms in total. The van der Waals surface area contributed by atoms with Gasteiger partial charge in [-0.25, -0.2) is 0 Å². The summed E-state index contributed by atoms with van der Waals surface area (Å²) < 4.78 is 44.3. The molecule has 1 amide bonds. The molecule has 6 heteroatoms. The van der Waals surface area contributed by atoms with E-state index in [1.54, 1.807) is 6.07 Å². The van der Waals surface area contributed by atoms with E-state index in [4.69, 9.17) is 4.74 Å². The van der Waals surface area contributed by atoms with Crippen molar-refractivity contribution in [2.45, 2.75) is 38.3 Å². The number of hydrogen-bond acceptors (Lipinski definition) is 2. The van der Waals surface area contributed by atoms with E-state index in [-0.39, 0.29) is 11.8 Å². The Labute approximate surface area is 134 Å². The molecule has 1 heterocycles. The van der Waals surface area contributed by atoms with Gasteiger partial charge < -0.3 is 10.1 Å². The minimum absolute atomic E-state index is 0.214. The number of alkyl halides is 3. The van der Waals surface area contributed by atoms with Gasteiger partial charge in [0.05, 0.1) is 11.0 Å². The second-order valence-corrected chi connectivity index (χ2v) is 6.38. The highest BCUT2D eigenvalue weighted by Crippen LogP contribution is 2.38. The second-order valence-electron chi connectivity index (χ2n) is 6.38. The van der Waals surface area contributed by atoms with Crippen molar-refractivity contribution in [1.82, 2.24) is 5.32 Å². The second kappa shape index (κ2) is 6.91. The number of carbonyl (C=O) groups is 1. The monoisotopic (exact) mass is 329 g/mol. The van der Waals surface area contributed by atoms with Crippen LogP contribution in [0.5, 0.6) is 0 Å². The summed E-state index contributed by atoms with van der Waals surface area (Å²) in [5.74, 6) is 0.0613. The summed E-state index contributed by atoms with van der Waals surface area (Å²) >= 11 is 0. The van der Waals surface area contributed by atoms with E-state index >= 15 is 0 Å². The van der Waals surface area contributed by atoms with Crippen LogP contribution in [0.3, 0.4) is 0 Å². The number of nitrogens with one attached hydrogen (secondary N) is 1. The third-order valence-electron chi connectivity index (χ3n) is 4.19. The summed E-state index contributed by atoms with van der Waals surface area (Å²) in [6.45, 7) is 5.18. The highest BCUT2D eigenvalue weighted by Gasteiger charge is 2.43. The molecule has 0 unspecified atom stereocenters. The first-order valence-electron chi connectivity index (χ1n) is 7.79. The molecule has 0 aliphatic carbocycles. The van der Waals surface area contributed by atoms with Crippen molar-refractivity contribution in [3.8, 4) is 0 Å². The zero-order chi connectivity index (χ0) is 17.1. The van der Waals surface area contributed by atoms with E-state index in [1.165, 1.54) is 6.07 Å². The van der Waals surface area contributed by atoms with Crippen LogP contribution in [-0.2, 0) is 21.1 Å². The first-order chi connectivity index (χ1) is 10.8. The molecule has 1 aromatic rings. The Hall–Kier alpha value is -1.56. The van der Waals surface area contributed by atoms with Gasteiger partial charge >= 0.3 is 6.18 Å². The maximum absolute atomic E-state index is 13.0. The lowest BCUT2D eigenvalue weighted by Gasteiger charge is -2.36. The highest BCUT2D eigenvalue weighted by molar-refractivity contribution is 5.88. The quantitative estimate of drug-likeness (QED) is 0.918. The zero-order valence-corrected chi connectivity index (χ0v) is 13.4. The van der Waals surface area contributed by atoms with Crippen molar-refractivity contribution in [2.24, 2.45) is 5.92 Å². The van der Waals surface area contributed by atoms with Crippen molar-refractivity contribution >= 4 is 5.91 Å². The Balaban J connectivity index is 2.36. The molecule has 0 radical (unpaired) electrons. The molecule has 23 heavy (non-hydrogen) atoms. The Kier molecular flexibility index (Phi) is 5.34. The molecule has 1 aliphatic heterocycles. The van der Waals surface area contributed by atoms with Gasteiger partial charge in [-0.15, -0.1) is 0 Å². The fraction of sp³-hybridized carbons (Fsp3) is 0.588. The maximum atomic E-state index is 13.0. The van der Waals surface area contributed by atoms with Gasteiger partial charge in [-0.2, -0.15) is 13.2 Å². The Morgan fingerprint density at radius 2 is 1.96 bits per heavy atom. The van der Waals surface area contributed by atoms with E-state index in [0.717, 1.165) is 12.1 Å². The summed E-state index contributed by atoms with van der Waals surface area (Å²) in [6, 6.07) is 5.10. The Bertz CT molecular complexity index is 549. The highest BCUT2D eigenvalue weighted by atomic mass is 19.4. The maximum Gasteiger partial charge on any atom is 0.416 e. The summed E-state index contributed by atoms with van der Waals surface area (Å²) in [5, 5.41) is 2.87.